The summed E-state index contributed by atoms with van der Waals surface area (Å²) in [6.45, 7) is 11.1. The number of esters is 2. The lowest BCUT2D eigenvalue weighted by atomic mass is 9.84. The number of hydrogen-bond donors (Lipinski definition) is 0. The molecule has 3 heterocycles. The van der Waals surface area contributed by atoms with Gasteiger partial charge in [0.25, 0.3) is 0 Å². The van der Waals surface area contributed by atoms with E-state index in [9.17, 15) is 14.4 Å². The molecule has 4 aromatic rings. The van der Waals surface area contributed by atoms with Crippen LogP contribution < -0.4 is 9.47 Å². The van der Waals surface area contributed by atoms with E-state index in [1.54, 1.807) is 6.07 Å². The molecule has 5 atom stereocenters. The van der Waals surface area contributed by atoms with Gasteiger partial charge in [0.05, 0.1) is 64.5 Å². The molecule has 0 aromatic heterocycles. The number of carbonyl (C=O) groups is 3. The van der Waals surface area contributed by atoms with Gasteiger partial charge in [-0.1, -0.05) is 50.3 Å². The molecule has 326 valence electrons. The van der Waals surface area contributed by atoms with Crippen molar-refractivity contribution in [2.75, 3.05) is 59.5 Å². The lowest BCUT2D eigenvalue weighted by Crippen LogP contribution is -2.45. The van der Waals surface area contributed by atoms with Crippen molar-refractivity contribution in [3.8, 4) is 11.5 Å². The number of unbranched alkanes of at least 4 members (excludes halogenated alkanes) is 6. The lowest BCUT2D eigenvalue weighted by molar-refractivity contribution is -0.150. The van der Waals surface area contributed by atoms with Crippen molar-refractivity contribution in [1.82, 2.24) is 0 Å². The molecule has 0 bridgehead atoms. The van der Waals surface area contributed by atoms with Gasteiger partial charge in [-0.05, 0) is 124 Å². The van der Waals surface area contributed by atoms with Crippen LogP contribution in [-0.2, 0) is 33.2 Å². The van der Waals surface area contributed by atoms with E-state index in [4.69, 9.17) is 37.9 Å². The summed E-state index contributed by atoms with van der Waals surface area (Å²) in [6, 6.07) is 23.1. The Morgan fingerprint density at radius 3 is 1.90 bits per heavy atom. The first-order valence-corrected chi connectivity index (χ1v) is 22.9. The largest absolute Gasteiger partial charge is 0.494 e. The quantitative estimate of drug-likeness (QED) is 0.0274. The van der Waals surface area contributed by atoms with Gasteiger partial charge in [0.1, 0.15) is 17.6 Å². The minimum atomic E-state index is -0.557. The fourth-order valence-electron chi connectivity index (χ4n) is 7.94. The van der Waals surface area contributed by atoms with Crippen LogP contribution in [0.2, 0.25) is 0 Å². The summed E-state index contributed by atoms with van der Waals surface area (Å²) in [4.78, 5) is 37.9. The van der Waals surface area contributed by atoms with Crippen LogP contribution >= 0.6 is 8.58 Å². The fourth-order valence-corrected chi connectivity index (χ4v) is 9.23. The minimum absolute atomic E-state index is 0.0329. The zero-order valence-electron chi connectivity index (χ0n) is 35.2. The molecule has 0 aliphatic carbocycles. The second-order valence-electron chi connectivity index (χ2n) is 16.4. The van der Waals surface area contributed by atoms with Crippen LogP contribution in [0.5, 0.6) is 11.5 Å². The Bertz CT molecular complexity index is 2110. The molecule has 0 amide bonds. The van der Waals surface area contributed by atoms with Crippen LogP contribution in [0, 0.1) is 5.41 Å². The number of ether oxygens (including phenoxy) is 8. The SMILES string of the molecule is C=CC(=O)OCCCCCCOc1ccc2cc(C(=O)O[C@@H]3CO[C@@H]4C(PC(=O)c5ccc6cc(OCCCCCCOCC7(CC)COC7)ccc6c5)CO[C@@H]43)ccc2c1. The van der Waals surface area contributed by atoms with E-state index in [0.29, 0.717) is 37.6 Å². The maximum absolute atomic E-state index is 13.5. The molecular formula is C49H59O11P. The normalized spacial score (nSPS) is 20.4. The number of hydrogen-bond acceptors (Lipinski definition) is 11. The van der Waals surface area contributed by atoms with Gasteiger partial charge in [-0.3, -0.25) is 4.79 Å². The summed E-state index contributed by atoms with van der Waals surface area (Å²) in [5.41, 5.74) is 1.30. The number of carbonyl (C=O) groups excluding carboxylic acids is 3. The highest BCUT2D eigenvalue weighted by Gasteiger charge is 2.50. The summed E-state index contributed by atoms with van der Waals surface area (Å²) in [5, 5.41) is 3.86. The van der Waals surface area contributed by atoms with Crippen LogP contribution in [0.3, 0.4) is 0 Å². The Hall–Kier alpha value is -4.38. The van der Waals surface area contributed by atoms with E-state index in [-0.39, 0.29) is 37.9 Å². The van der Waals surface area contributed by atoms with Gasteiger partial charge in [0.15, 0.2) is 11.6 Å². The predicted molar refractivity (Wildman–Crippen MR) is 236 cm³/mol. The van der Waals surface area contributed by atoms with Crippen molar-refractivity contribution in [3.05, 3.63) is 96.6 Å². The molecule has 3 aliphatic heterocycles. The predicted octanol–water partition coefficient (Wildman–Crippen LogP) is 9.25. The Kier molecular flexibility index (Phi) is 16.2. The molecule has 12 heteroatoms. The molecule has 0 radical (unpaired) electrons. The highest BCUT2D eigenvalue weighted by molar-refractivity contribution is 7.59. The van der Waals surface area contributed by atoms with Gasteiger partial charge in [0.2, 0.25) is 0 Å². The second-order valence-corrected chi connectivity index (χ2v) is 17.8. The van der Waals surface area contributed by atoms with E-state index >= 15 is 0 Å². The molecule has 7 rings (SSSR count). The maximum atomic E-state index is 13.5. The molecule has 61 heavy (non-hydrogen) atoms. The van der Waals surface area contributed by atoms with E-state index in [1.807, 2.05) is 66.7 Å². The number of benzene rings is 4. The Morgan fingerprint density at radius 2 is 1.28 bits per heavy atom. The van der Waals surface area contributed by atoms with Crippen LogP contribution in [0.1, 0.15) is 85.4 Å². The van der Waals surface area contributed by atoms with Crippen LogP contribution in [0.4, 0.5) is 0 Å². The topological polar surface area (TPSA) is 125 Å². The number of fused-ring (bicyclic) bond motifs is 3. The zero-order chi connectivity index (χ0) is 42.4. The number of rotatable bonds is 25. The van der Waals surface area contributed by atoms with Gasteiger partial charge in [-0.2, -0.15) is 0 Å². The van der Waals surface area contributed by atoms with Gasteiger partial charge in [-0.25, -0.2) is 9.59 Å². The molecular weight excluding hydrogens is 796 g/mol. The lowest BCUT2D eigenvalue weighted by Gasteiger charge is -2.40. The third kappa shape index (κ3) is 12.2. The Balaban J connectivity index is 0.803. The van der Waals surface area contributed by atoms with E-state index < -0.39 is 24.1 Å². The standard InChI is InChI=1S/C49H59O11P/c1-3-44(50)57-24-12-8-7-11-23-56-40-19-17-34-25-38(15-13-36(34)27-40)47(51)60-42-29-58-46-43(30-59-45(42)46)61-48(52)39-16-14-37-28-41(20-18-35(37)26-39)55-22-10-6-5-9-21-53-31-49(4-2)32-54-33-49/h3,13-20,25-28,42-43,45-46,61H,1,4-12,21-24,29-33H2,2H3/t42-,43?,45-,46-/m1/s1. The first kappa shape index (κ1) is 44.7. The molecule has 0 spiro atoms. The molecule has 0 N–H and O–H groups in total. The molecule has 3 aliphatic rings. The van der Waals surface area contributed by atoms with Crippen LogP contribution in [-0.4, -0.2) is 101 Å². The van der Waals surface area contributed by atoms with Gasteiger partial charge in [-0.15, -0.1) is 0 Å². The van der Waals surface area contributed by atoms with Crippen molar-refractivity contribution in [3.63, 3.8) is 0 Å². The third-order valence-corrected chi connectivity index (χ3v) is 13.3. The van der Waals surface area contributed by atoms with Crippen LogP contribution in [0.15, 0.2) is 85.5 Å². The monoisotopic (exact) mass is 854 g/mol. The highest BCUT2D eigenvalue weighted by Crippen LogP contribution is 2.40. The molecule has 0 saturated carbocycles. The average Bonchev–Trinajstić information content (AvgIpc) is 3.86. The Labute approximate surface area is 360 Å². The average molecular weight is 855 g/mol. The van der Waals surface area contributed by atoms with Crippen molar-refractivity contribution in [1.29, 1.82) is 0 Å². The van der Waals surface area contributed by atoms with Crippen molar-refractivity contribution in [2.24, 2.45) is 5.41 Å². The summed E-state index contributed by atoms with van der Waals surface area (Å²) in [7, 11) is -0.0329. The second kappa shape index (κ2) is 22.1. The molecule has 2 unspecified atom stereocenters. The van der Waals surface area contributed by atoms with Gasteiger partial charge >= 0.3 is 11.9 Å². The third-order valence-electron chi connectivity index (χ3n) is 11.8. The molecule has 4 aromatic carbocycles. The van der Waals surface area contributed by atoms with Crippen molar-refractivity contribution >= 4 is 47.6 Å². The minimum Gasteiger partial charge on any atom is -0.494 e. The van der Waals surface area contributed by atoms with Gasteiger partial charge < -0.3 is 37.9 Å². The zero-order valence-corrected chi connectivity index (χ0v) is 36.2. The summed E-state index contributed by atoms with van der Waals surface area (Å²) < 4.78 is 46.4. The smallest absolute Gasteiger partial charge is 0.338 e. The van der Waals surface area contributed by atoms with E-state index in [0.717, 1.165) is 117 Å². The van der Waals surface area contributed by atoms with E-state index in [2.05, 4.69) is 13.5 Å². The van der Waals surface area contributed by atoms with Crippen molar-refractivity contribution in [2.45, 2.75) is 88.7 Å². The molecule has 11 nitrogen and oxygen atoms in total. The molecule has 3 saturated heterocycles. The summed E-state index contributed by atoms with van der Waals surface area (Å²) in [6.07, 6.45) is 8.90. The summed E-state index contributed by atoms with van der Waals surface area (Å²) in [5.74, 6) is 0.760. The Morgan fingerprint density at radius 1 is 0.705 bits per heavy atom. The van der Waals surface area contributed by atoms with Gasteiger partial charge in [0, 0.05) is 29.3 Å². The van der Waals surface area contributed by atoms with E-state index in [1.165, 1.54) is 6.08 Å². The molecule has 3 fully saturated rings. The van der Waals surface area contributed by atoms with Crippen molar-refractivity contribution < 1.29 is 52.3 Å². The fraction of sp³-hybridized carbons (Fsp3) is 0.490. The first-order chi connectivity index (χ1) is 29.8. The summed E-state index contributed by atoms with van der Waals surface area (Å²) >= 11 is 0. The van der Waals surface area contributed by atoms with Crippen LogP contribution in [0.25, 0.3) is 21.5 Å². The maximum Gasteiger partial charge on any atom is 0.338 e. The highest BCUT2D eigenvalue weighted by atomic mass is 31.1. The first-order valence-electron chi connectivity index (χ1n) is 21.9.